The molecule has 502 valence electrons. The second-order valence-electron chi connectivity index (χ2n) is 26.1. The minimum atomic E-state index is -4.71. The Balaban J connectivity index is 5.01. The molecule has 0 aromatic carbocycles. The van der Waals surface area contributed by atoms with Gasteiger partial charge < -0.3 is 28.5 Å². The van der Waals surface area contributed by atoms with Gasteiger partial charge in [-0.25, -0.2) is 0 Å². The third-order valence-electron chi connectivity index (χ3n) is 16.4. The summed E-state index contributed by atoms with van der Waals surface area (Å²) in [6.45, 7) is 6.76. The van der Waals surface area contributed by atoms with Crippen molar-refractivity contribution in [2.24, 2.45) is 0 Å². The summed E-state index contributed by atoms with van der Waals surface area (Å²) in [7, 11) is 1.18. The van der Waals surface area contributed by atoms with Gasteiger partial charge >= 0.3 is 5.97 Å². The highest BCUT2D eigenvalue weighted by molar-refractivity contribution is 7.45. The van der Waals surface area contributed by atoms with Gasteiger partial charge in [0.15, 0.2) is 0 Å². The average Bonchev–Trinajstić information content (AvgIpc) is 3.69. The Hall–Kier alpha value is -2.55. The van der Waals surface area contributed by atoms with E-state index in [1.807, 2.05) is 33.3 Å². The van der Waals surface area contributed by atoms with Crippen molar-refractivity contribution in [3.8, 4) is 0 Å². The van der Waals surface area contributed by atoms with Crippen LogP contribution in [0.4, 0.5) is 0 Å². The fraction of sp³-hybridized carbons (Fsp3) is 0.816. The molecule has 0 aliphatic carbocycles. The molecule has 1 amide bonds. The van der Waals surface area contributed by atoms with Crippen molar-refractivity contribution in [1.29, 1.82) is 0 Å². The molecule has 0 bridgehead atoms. The molecular weight excluding hydrogens is 1080 g/mol. The number of carbonyl (C=O) groups is 2. The van der Waals surface area contributed by atoms with E-state index in [1.165, 1.54) is 205 Å². The predicted molar refractivity (Wildman–Crippen MR) is 372 cm³/mol. The number of quaternary nitrogens is 1. The van der Waals surface area contributed by atoms with Crippen LogP contribution in [0.25, 0.3) is 0 Å². The van der Waals surface area contributed by atoms with Gasteiger partial charge in [0.2, 0.25) is 5.91 Å². The molecule has 3 atom stereocenters. The number of phosphoric acid groups is 1. The first-order valence-corrected chi connectivity index (χ1v) is 38.2. The van der Waals surface area contributed by atoms with Crippen LogP contribution in [0.1, 0.15) is 348 Å². The average molecular weight is 1230 g/mol. The molecule has 0 heterocycles. The van der Waals surface area contributed by atoms with E-state index in [1.54, 1.807) is 0 Å². The van der Waals surface area contributed by atoms with Crippen molar-refractivity contribution in [2.45, 2.75) is 360 Å². The van der Waals surface area contributed by atoms with Gasteiger partial charge in [-0.15, -0.1) is 0 Å². The normalized spacial score (nSPS) is 13.9. The van der Waals surface area contributed by atoms with Crippen LogP contribution in [0.15, 0.2) is 72.9 Å². The van der Waals surface area contributed by atoms with E-state index in [-0.39, 0.29) is 24.9 Å². The minimum Gasteiger partial charge on any atom is -0.756 e. The Morgan fingerprint density at radius 2 is 0.744 bits per heavy atom. The van der Waals surface area contributed by atoms with Gasteiger partial charge in [-0.1, -0.05) is 332 Å². The first-order valence-electron chi connectivity index (χ1n) is 36.7. The van der Waals surface area contributed by atoms with Crippen LogP contribution in [0.5, 0.6) is 0 Å². The molecule has 0 fully saturated rings. The highest BCUT2D eigenvalue weighted by Crippen LogP contribution is 2.38. The Kier molecular flexibility index (Phi) is 63.5. The van der Waals surface area contributed by atoms with E-state index in [0.717, 1.165) is 103 Å². The zero-order valence-corrected chi connectivity index (χ0v) is 58.4. The maximum absolute atomic E-state index is 13.6. The van der Waals surface area contributed by atoms with Gasteiger partial charge in [0, 0.05) is 12.8 Å². The number of hydrogen-bond acceptors (Lipinski definition) is 7. The van der Waals surface area contributed by atoms with Crippen LogP contribution in [-0.4, -0.2) is 69.4 Å². The number of likely N-dealkylation sites (N-methyl/N-ethyl adjacent to an activating group) is 1. The van der Waals surface area contributed by atoms with Gasteiger partial charge in [-0.3, -0.25) is 14.2 Å². The molecule has 3 unspecified atom stereocenters. The Morgan fingerprint density at radius 3 is 1.12 bits per heavy atom. The summed E-state index contributed by atoms with van der Waals surface area (Å²) in [6, 6.07) is -0.899. The summed E-state index contributed by atoms with van der Waals surface area (Å²) >= 11 is 0. The third-order valence-corrected chi connectivity index (χ3v) is 17.4. The summed E-state index contributed by atoms with van der Waals surface area (Å²) in [4.78, 5) is 40.2. The van der Waals surface area contributed by atoms with E-state index in [4.69, 9.17) is 13.8 Å². The fourth-order valence-electron chi connectivity index (χ4n) is 10.8. The molecule has 0 rings (SSSR count). The number of unbranched alkanes of at least 4 members (excludes halogenated alkanes) is 41. The summed E-state index contributed by atoms with van der Waals surface area (Å²) in [6.07, 6.45) is 86.1. The van der Waals surface area contributed by atoms with Crippen molar-refractivity contribution in [2.75, 3.05) is 40.9 Å². The largest absolute Gasteiger partial charge is 0.756 e. The Morgan fingerprint density at radius 1 is 0.419 bits per heavy atom. The van der Waals surface area contributed by atoms with Crippen molar-refractivity contribution in [1.82, 2.24) is 5.32 Å². The number of esters is 1. The van der Waals surface area contributed by atoms with Crippen LogP contribution < -0.4 is 10.2 Å². The second kappa shape index (κ2) is 65.4. The predicted octanol–water partition coefficient (Wildman–Crippen LogP) is 22.9. The molecule has 0 aliphatic heterocycles. The summed E-state index contributed by atoms with van der Waals surface area (Å²) in [5.74, 6) is -0.551. The second-order valence-corrected chi connectivity index (χ2v) is 27.5. The standard InChI is InChI=1S/C76H141N2O7P/c1-7-10-13-16-19-22-25-28-30-32-34-36-37-38-39-40-41-43-44-46-48-50-53-56-59-62-65-68-75(79)77-73(72-84-86(81,82)83-71-70-78(4,5)6)74(67-64-61-58-55-52-27-24-21-18-15-12-9-3)85-76(80)69-66-63-60-57-54-51-49-47-45-42-35-33-31-29-26-23-20-17-14-11-8-2/h11,14,20,23,29,31,35,42,47,49,64,67,73-74H,7-10,12-13,15-19,21-22,24-28,30,32-34,36-41,43-46,48,50-63,65-66,68-72H2,1-6H3,(H-,77,79,81,82)/b14-11-,23-20-,31-29-,42-35-,49-47-,67-64+. The third kappa shape index (κ3) is 65.9. The molecule has 1 N–H and O–H groups in total. The summed E-state index contributed by atoms with van der Waals surface area (Å²) < 4.78 is 30.5. The molecule has 0 saturated carbocycles. The van der Waals surface area contributed by atoms with Gasteiger partial charge in [-0.05, 0) is 76.7 Å². The molecule has 9 nitrogen and oxygen atoms in total. The molecule has 0 aromatic heterocycles. The lowest BCUT2D eigenvalue weighted by Crippen LogP contribution is -2.47. The fourth-order valence-corrected chi connectivity index (χ4v) is 11.5. The van der Waals surface area contributed by atoms with Gasteiger partial charge in [-0.2, -0.15) is 0 Å². The number of rotatable bonds is 67. The SMILES string of the molecule is CC/C=C\C/C=C\C/C=C\C/C=C\C/C=C\CCCCCCCC(=O)OC(/C=C/CCCCCCCCCCCC)C(COP(=O)([O-])OCC[N+](C)(C)C)NC(=O)CCCCCCCCCCCCCCCCCCCCCCCCCCCCC. The number of nitrogens with zero attached hydrogens (tertiary/aromatic N) is 1. The van der Waals surface area contributed by atoms with Crippen LogP contribution in [0.3, 0.4) is 0 Å². The van der Waals surface area contributed by atoms with Gasteiger partial charge in [0.05, 0.1) is 33.8 Å². The summed E-state index contributed by atoms with van der Waals surface area (Å²) in [5, 5.41) is 3.04. The summed E-state index contributed by atoms with van der Waals surface area (Å²) in [5.41, 5.74) is 0. The van der Waals surface area contributed by atoms with E-state index in [0.29, 0.717) is 23.9 Å². The number of carbonyl (C=O) groups excluding carboxylic acids is 2. The van der Waals surface area contributed by atoms with Crippen LogP contribution in [-0.2, 0) is 27.9 Å². The lowest BCUT2D eigenvalue weighted by molar-refractivity contribution is -0.870. The molecule has 10 heteroatoms. The lowest BCUT2D eigenvalue weighted by atomic mass is 10.0. The van der Waals surface area contributed by atoms with Crippen LogP contribution >= 0.6 is 7.82 Å². The Labute approximate surface area is 533 Å². The van der Waals surface area contributed by atoms with Crippen LogP contribution in [0, 0.1) is 0 Å². The van der Waals surface area contributed by atoms with Crippen molar-refractivity contribution >= 4 is 19.7 Å². The maximum Gasteiger partial charge on any atom is 0.306 e. The molecular formula is C76H141N2O7P. The Bertz CT molecular complexity index is 1700. The quantitative estimate of drug-likeness (QED) is 0.0212. The molecule has 0 spiro atoms. The van der Waals surface area contributed by atoms with Gasteiger partial charge in [0.1, 0.15) is 19.3 Å². The number of allylic oxidation sites excluding steroid dienone is 11. The lowest BCUT2D eigenvalue weighted by Gasteiger charge is -2.30. The molecule has 0 saturated heterocycles. The molecule has 0 aromatic rings. The number of phosphoric ester groups is 1. The number of ether oxygens (including phenoxy) is 1. The van der Waals surface area contributed by atoms with Crippen molar-refractivity contribution in [3.63, 3.8) is 0 Å². The van der Waals surface area contributed by atoms with Crippen molar-refractivity contribution in [3.05, 3.63) is 72.9 Å². The highest BCUT2D eigenvalue weighted by Gasteiger charge is 2.27. The van der Waals surface area contributed by atoms with Crippen LogP contribution in [0.2, 0.25) is 0 Å². The van der Waals surface area contributed by atoms with Crippen molar-refractivity contribution < 1.29 is 37.3 Å². The number of amides is 1. The van der Waals surface area contributed by atoms with E-state index in [2.05, 4.69) is 86.8 Å². The zero-order valence-electron chi connectivity index (χ0n) is 57.5. The number of hydrogen-bond donors (Lipinski definition) is 1. The zero-order chi connectivity index (χ0) is 62.8. The van der Waals surface area contributed by atoms with E-state index in [9.17, 15) is 19.0 Å². The molecule has 86 heavy (non-hydrogen) atoms. The molecule has 0 radical (unpaired) electrons. The van der Waals surface area contributed by atoms with E-state index >= 15 is 0 Å². The smallest absolute Gasteiger partial charge is 0.306 e. The highest BCUT2D eigenvalue weighted by atomic mass is 31.2. The minimum absolute atomic E-state index is 0.0263. The number of nitrogens with one attached hydrogen (secondary N) is 1. The monoisotopic (exact) mass is 1230 g/mol. The maximum atomic E-state index is 13.6. The van der Waals surface area contributed by atoms with E-state index < -0.39 is 26.6 Å². The topological polar surface area (TPSA) is 114 Å². The van der Waals surface area contributed by atoms with Gasteiger partial charge in [0.25, 0.3) is 7.82 Å². The first-order chi connectivity index (χ1) is 41.9. The molecule has 0 aliphatic rings. The first kappa shape index (κ1) is 83.5.